The predicted octanol–water partition coefficient (Wildman–Crippen LogP) is 3.50. The Hall–Kier alpha value is -2.68. The van der Waals surface area contributed by atoms with Crippen LogP contribution in [0.4, 0.5) is 0 Å². The molecule has 3 nitrogen and oxygen atoms in total. The van der Waals surface area contributed by atoms with Crippen LogP contribution in [0.25, 0.3) is 0 Å². The number of imide groups is 1. The molecule has 0 spiro atoms. The van der Waals surface area contributed by atoms with Crippen molar-refractivity contribution >= 4 is 11.8 Å². The van der Waals surface area contributed by atoms with Crippen LogP contribution in [0.5, 0.6) is 0 Å². The SMILES string of the molecule is C/C=C/N(C(=O)c1ccccc1)C(=O)c1ccccc1. The second-order valence-corrected chi connectivity index (χ2v) is 4.19. The van der Waals surface area contributed by atoms with Gasteiger partial charge in [-0.05, 0) is 31.2 Å². The fourth-order valence-corrected chi connectivity index (χ4v) is 1.82. The molecule has 0 aliphatic rings. The molecule has 0 fully saturated rings. The van der Waals surface area contributed by atoms with E-state index >= 15 is 0 Å². The topological polar surface area (TPSA) is 37.4 Å². The second-order valence-electron chi connectivity index (χ2n) is 4.19. The normalized spacial score (nSPS) is 10.4. The zero-order valence-corrected chi connectivity index (χ0v) is 11.2. The molecule has 0 heterocycles. The molecular formula is C17H15NO2. The summed E-state index contributed by atoms with van der Waals surface area (Å²) in [7, 11) is 0. The number of hydrogen-bond acceptors (Lipinski definition) is 2. The summed E-state index contributed by atoms with van der Waals surface area (Å²) in [6, 6.07) is 17.5. The molecule has 0 N–H and O–H groups in total. The van der Waals surface area contributed by atoms with Gasteiger partial charge >= 0.3 is 0 Å². The van der Waals surface area contributed by atoms with Crippen LogP contribution in [0.2, 0.25) is 0 Å². The molecule has 2 rings (SSSR count). The summed E-state index contributed by atoms with van der Waals surface area (Å²) in [5, 5.41) is 0. The summed E-state index contributed by atoms with van der Waals surface area (Å²) in [6.45, 7) is 1.77. The third-order valence-electron chi connectivity index (χ3n) is 2.78. The average molecular weight is 265 g/mol. The minimum Gasteiger partial charge on any atom is -0.268 e. The number of benzene rings is 2. The van der Waals surface area contributed by atoms with E-state index in [1.165, 1.54) is 6.20 Å². The molecule has 0 aliphatic heterocycles. The lowest BCUT2D eigenvalue weighted by Gasteiger charge is -2.16. The minimum absolute atomic E-state index is 0.336. The van der Waals surface area contributed by atoms with Gasteiger partial charge in [0.1, 0.15) is 0 Å². The third kappa shape index (κ3) is 3.01. The van der Waals surface area contributed by atoms with E-state index in [2.05, 4.69) is 0 Å². The summed E-state index contributed by atoms with van der Waals surface area (Å²) >= 11 is 0. The summed E-state index contributed by atoms with van der Waals surface area (Å²) in [6.07, 6.45) is 3.16. The fourth-order valence-electron chi connectivity index (χ4n) is 1.82. The smallest absolute Gasteiger partial charge is 0.264 e. The first-order valence-corrected chi connectivity index (χ1v) is 6.35. The Kier molecular flexibility index (Phi) is 4.45. The Morgan fingerprint density at radius 3 is 1.55 bits per heavy atom. The summed E-state index contributed by atoms with van der Waals surface area (Å²) in [5.41, 5.74) is 0.963. The van der Waals surface area contributed by atoms with Gasteiger partial charge in [-0.25, -0.2) is 4.90 Å². The second kappa shape index (κ2) is 6.48. The van der Waals surface area contributed by atoms with E-state index in [9.17, 15) is 9.59 Å². The van der Waals surface area contributed by atoms with Crippen LogP contribution >= 0.6 is 0 Å². The molecule has 0 saturated heterocycles. The van der Waals surface area contributed by atoms with Crippen LogP contribution in [0, 0.1) is 0 Å². The summed E-state index contributed by atoms with van der Waals surface area (Å²) in [5.74, 6) is -0.671. The maximum atomic E-state index is 12.4. The lowest BCUT2D eigenvalue weighted by Crippen LogP contribution is -2.32. The van der Waals surface area contributed by atoms with Crippen molar-refractivity contribution in [2.24, 2.45) is 0 Å². The molecule has 2 aromatic rings. The molecule has 0 aliphatic carbocycles. The van der Waals surface area contributed by atoms with Gasteiger partial charge in [0.15, 0.2) is 0 Å². The molecule has 0 radical (unpaired) electrons. The fraction of sp³-hybridized carbons (Fsp3) is 0.0588. The highest BCUT2D eigenvalue weighted by atomic mass is 16.2. The Bertz CT molecular complexity index is 566. The first kappa shape index (κ1) is 13.7. The number of amides is 2. The maximum Gasteiger partial charge on any atom is 0.264 e. The van der Waals surface area contributed by atoms with Crippen LogP contribution in [0.1, 0.15) is 27.6 Å². The highest BCUT2D eigenvalue weighted by molar-refractivity contribution is 6.11. The Balaban J connectivity index is 2.33. The lowest BCUT2D eigenvalue weighted by atomic mass is 10.1. The van der Waals surface area contributed by atoms with Gasteiger partial charge in [0.2, 0.25) is 0 Å². The van der Waals surface area contributed by atoms with Crippen molar-refractivity contribution in [3.05, 3.63) is 84.1 Å². The van der Waals surface area contributed by atoms with Gasteiger partial charge in [-0.2, -0.15) is 0 Å². The van der Waals surface area contributed by atoms with Gasteiger partial charge in [0, 0.05) is 17.3 Å². The van der Waals surface area contributed by atoms with Crippen molar-refractivity contribution in [2.45, 2.75) is 6.92 Å². The first-order chi connectivity index (χ1) is 9.74. The van der Waals surface area contributed by atoms with Gasteiger partial charge in [-0.3, -0.25) is 9.59 Å². The molecule has 0 bridgehead atoms. The molecule has 100 valence electrons. The quantitative estimate of drug-likeness (QED) is 0.796. The molecule has 2 aromatic carbocycles. The van der Waals surface area contributed by atoms with Crippen LogP contribution < -0.4 is 0 Å². The first-order valence-electron chi connectivity index (χ1n) is 6.35. The highest BCUT2D eigenvalue weighted by Gasteiger charge is 2.21. The van der Waals surface area contributed by atoms with Crippen LogP contribution in [0.15, 0.2) is 72.9 Å². The van der Waals surface area contributed by atoms with Gasteiger partial charge in [-0.15, -0.1) is 0 Å². The Labute approximate surface area is 118 Å². The lowest BCUT2D eigenvalue weighted by molar-refractivity contribution is 0.0685. The van der Waals surface area contributed by atoms with Crippen molar-refractivity contribution < 1.29 is 9.59 Å². The highest BCUT2D eigenvalue weighted by Crippen LogP contribution is 2.11. The van der Waals surface area contributed by atoms with E-state index in [1.807, 2.05) is 12.1 Å². The zero-order valence-electron chi connectivity index (χ0n) is 11.2. The number of carbonyl (C=O) groups is 2. The van der Waals surface area contributed by atoms with Gasteiger partial charge in [-0.1, -0.05) is 42.5 Å². The van der Waals surface area contributed by atoms with Crippen molar-refractivity contribution in [1.82, 2.24) is 4.90 Å². The maximum absolute atomic E-state index is 12.4. The summed E-state index contributed by atoms with van der Waals surface area (Å²) < 4.78 is 0. The van der Waals surface area contributed by atoms with Gasteiger partial charge < -0.3 is 0 Å². The van der Waals surface area contributed by atoms with Crippen molar-refractivity contribution in [2.75, 3.05) is 0 Å². The van der Waals surface area contributed by atoms with Crippen molar-refractivity contribution in [3.63, 3.8) is 0 Å². The molecule has 3 heteroatoms. The molecule has 0 unspecified atom stereocenters. The van der Waals surface area contributed by atoms with Crippen LogP contribution in [0.3, 0.4) is 0 Å². The van der Waals surface area contributed by atoms with E-state index in [1.54, 1.807) is 61.5 Å². The van der Waals surface area contributed by atoms with E-state index in [4.69, 9.17) is 0 Å². The predicted molar refractivity (Wildman–Crippen MR) is 78.2 cm³/mol. The Morgan fingerprint density at radius 1 is 0.800 bits per heavy atom. The zero-order chi connectivity index (χ0) is 14.4. The minimum atomic E-state index is -0.336. The number of allylic oxidation sites excluding steroid dienone is 1. The third-order valence-corrected chi connectivity index (χ3v) is 2.78. The molecule has 0 aromatic heterocycles. The average Bonchev–Trinajstić information content (AvgIpc) is 2.53. The van der Waals surface area contributed by atoms with Crippen LogP contribution in [-0.4, -0.2) is 16.7 Å². The number of hydrogen-bond donors (Lipinski definition) is 0. The van der Waals surface area contributed by atoms with Crippen LogP contribution in [-0.2, 0) is 0 Å². The Morgan fingerprint density at radius 2 is 1.20 bits per heavy atom. The van der Waals surface area contributed by atoms with Crippen molar-refractivity contribution in [3.8, 4) is 0 Å². The number of rotatable bonds is 3. The molecular weight excluding hydrogens is 250 g/mol. The van der Waals surface area contributed by atoms with E-state index in [0.717, 1.165) is 4.90 Å². The molecule has 0 atom stereocenters. The molecule has 2 amide bonds. The standard InChI is InChI=1S/C17H15NO2/c1-2-13-18(16(19)14-9-5-3-6-10-14)17(20)15-11-7-4-8-12-15/h2-13H,1H3/b13-2+. The number of carbonyl (C=O) groups excluding carboxylic acids is 2. The van der Waals surface area contributed by atoms with E-state index in [-0.39, 0.29) is 11.8 Å². The monoisotopic (exact) mass is 265 g/mol. The van der Waals surface area contributed by atoms with E-state index in [0.29, 0.717) is 11.1 Å². The number of nitrogens with zero attached hydrogens (tertiary/aromatic N) is 1. The largest absolute Gasteiger partial charge is 0.268 e. The van der Waals surface area contributed by atoms with Gasteiger partial charge in [0.25, 0.3) is 11.8 Å². The summed E-state index contributed by atoms with van der Waals surface area (Å²) in [4.78, 5) is 25.9. The molecule has 0 saturated carbocycles. The van der Waals surface area contributed by atoms with Crippen molar-refractivity contribution in [1.29, 1.82) is 0 Å². The van der Waals surface area contributed by atoms with E-state index < -0.39 is 0 Å². The molecule has 20 heavy (non-hydrogen) atoms. The van der Waals surface area contributed by atoms with Gasteiger partial charge in [0.05, 0.1) is 0 Å².